The predicted molar refractivity (Wildman–Crippen MR) is 218 cm³/mol. The van der Waals surface area contributed by atoms with Crippen LogP contribution >= 0.6 is 0 Å². The van der Waals surface area contributed by atoms with Crippen molar-refractivity contribution in [3.05, 3.63) is 216 Å². The molecule has 0 fully saturated rings. The first kappa shape index (κ1) is 29.8. The largest absolute Gasteiger partial charge is 0.228 e. The van der Waals surface area contributed by atoms with Crippen molar-refractivity contribution in [2.45, 2.75) is 5.41 Å². The fourth-order valence-corrected chi connectivity index (χ4v) is 9.11. The molecule has 0 amide bonds. The van der Waals surface area contributed by atoms with Gasteiger partial charge in [-0.05, 0) is 78.5 Å². The standard InChI is InChI=1S/C51H32N2/c1-3-15-33(16-4-1)36-20-13-21-37(31-36)46-32-47(53-50(52-46)35-18-5-2-6-19-35)41-25-14-28-44-49(41)40-24-10-12-27-43(40)51(44)42-26-11-9-23-39(42)48-38-22-8-7-17-34(38)29-30-45(48)51/h1-32H. The molecule has 2 aliphatic carbocycles. The SMILES string of the molecule is c1ccc(-c2cccc(-c3cc(-c4cccc5c4-c4ccccc4C54c5ccccc5-c5c4ccc4ccccc54)nc(-c4ccccc4)n3)c2)cc1. The summed E-state index contributed by atoms with van der Waals surface area (Å²) >= 11 is 0. The number of nitrogens with zero attached hydrogens (tertiary/aromatic N) is 2. The van der Waals surface area contributed by atoms with E-state index in [1.165, 1.54) is 60.8 Å². The monoisotopic (exact) mass is 672 g/mol. The molecule has 2 nitrogen and oxygen atoms in total. The first-order chi connectivity index (χ1) is 26.3. The molecular weight excluding hydrogens is 641 g/mol. The molecule has 0 saturated carbocycles. The Hall–Kier alpha value is -6.90. The number of hydrogen-bond acceptors (Lipinski definition) is 2. The summed E-state index contributed by atoms with van der Waals surface area (Å²) in [5.41, 5.74) is 17.3. The zero-order valence-corrected chi connectivity index (χ0v) is 28.9. The van der Waals surface area contributed by atoms with Crippen LogP contribution in [-0.2, 0) is 5.41 Å². The maximum Gasteiger partial charge on any atom is 0.160 e. The summed E-state index contributed by atoms with van der Waals surface area (Å²) in [6.45, 7) is 0. The van der Waals surface area contributed by atoms with Gasteiger partial charge in [0.25, 0.3) is 0 Å². The molecule has 0 saturated heterocycles. The quantitative estimate of drug-likeness (QED) is 0.186. The fraction of sp³-hybridized carbons (Fsp3) is 0.0196. The lowest BCUT2D eigenvalue weighted by atomic mass is 9.70. The summed E-state index contributed by atoms with van der Waals surface area (Å²) in [5, 5.41) is 2.55. The highest BCUT2D eigenvalue weighted by molar-refractivity contribution is 6.07. The third-order valence-electron chi connectivity index (χ3n) is 11.3. The van der Waals surface area contributed by atoms with E-state index in [2.05, 4.69) is 188 Å². The molecule has 8 aromatic carbocycles. The molecule has 2 heteroatoms. The Bertz CT molecular complexity index is 2890. The van der Waals surface area contributed by atoms with Gasteiger partial charge in [0.1, 0.15) is 0 Å². The van der Waals surface area contributed by atoms with Gasteiger partial charge in [0.05, 0.1) is 16.8 Å². The van der Waals surface area contributed by atoms with E-state index in [-0.39, 0.29) is 0 Å². The number of hydrogen-bond donors (Lipinski definition) is 0. The predicted octanol–water partition coefficient (Wildman–Crippen LogP) is 12.6. The Labute approximate surface area is 308 Å². The minimum atomic E-state index is -0.458. The Kier molecular flexibility index (Phi) is 6.50. The molecule has 1 atom stereocenters. The van der Waals surface area contributed by atoms with Gasteiger partial charge in [-0.25, -0.2) is 9.97 Å². The van der Waals surface area contributed by atoms with E-state index >= 15 is 0 Å². The van der Waals surface area contributed by atoms with Gasteiger partial charge in [-0.2, -0.15) is 0 Å². The first-order valence-corrected chi connectivity index (χ1v) is 18.3. The van der Waals surface area contributed by atoms with Crippen LogP contribution in [0.5, 0.6) is 0 Å². The molecule has 1 spiro atoms. The molecule has 11 rings (SSSR count). The topological polar surface area (TPSA) is 25.8 Å². The molecule has 0 N–H and O–H groups in total. The summed E-state index contributed by atoms with van der Waals surface area (Å²) in [6.07, 6.45) is 0. The van der Waals surface area contributed by atoms with Gasteiger partial charge < -0.3 is 0 Å². The third-order valence-corrected chi connectivity index (χ3v) is 11.3. The summed E-state index contributed by atoms with van der Waals surface area (Å²) in [7, 11) is 0. The van der Waals surface area contributed by atoms with E-state index in [0.29, 0.717) is 5.82 Å². The van der Waals surface area contributed by atoms with Gasteiger partial charge in [-0.3, -0.25) is 0 Å². The summed E-state index contributed by atoms with van der Waals surface area (Å²) in [5.74, 6) is 0.713. The van der Waals surface area contributed by atoms with E-state index in [1.807, 2.05) is 6.07 Å². The molecule has 0 bridgehead atoms. The van der Waals surface area contributed by atoms with Crippen molar-refractivity contribution in [2.24, 2.45) is 0 Å². The Morgan fingerprint density at radius 1 is 0.321 bits per heavy atom. The molecule has 1 aromatic heterocycles. The van der Waals surface area contributed by atoms with Gasteiger partial charge in [0, 0.05) is 16.7 Å². The van der Waals surface area contributed by atoms with E-state index < -0.39 is 5.41 Å². The van der Waals surface area contributed by atoms with Crippen molar-refractivity contribution in [1.82, 2.24) is 9.97 Å². The highest BCUT2D eigenvalue weighted by Gasteiger charge is 2.52. The van der Waals surface area contributed by atoms with E-state index in [4.69, 9.17) is 9.97 Å². The van der Waals surface area contributed by atoms with Crippen LogP contribution in [0.1, 0.15) is 22.3 Å². The maximum absolute atomic E-state index is 5.36. The van der Waals surface area contributed by atoms with Gasteiger partial charge in [-0.1, -0.05) is 182 Å². The first-order valence-electron chi connectivity index (χ1n) is 18.3. The lowest BCUT2D eigenvalue weighted by molar-refractivity contribution is 0.794. The Morgan fingerprint density at radius 3 is 1.66 bits per heavy atom. The lowest BCUT2D eigenvalue weighted by Crippen LogP contribution is -2.25. The smallest absolute Gasteiger partial charge is 0.160 e. The molecule has 1 heterocycles. The van der Waals surface area contributed by atoms with Crippen LogP contribution in [0.25, 0.3) is 78.1 Å². The van der Waals surface area contributed by atoms with Crippen molar-refractivity contribution in [2.75, 3.05) is 0 Å². The number of fused-ring (bicyclic) bond motifs is 12. The average molecular weight is 673 g/mol. The van der Waals surface area contributed by atoms with Gasteiger partial charge in [0.2, 0.25) is 0 Å². The Morgan fingerprint density at radius 2 is 0.868 bits per heavy atom. The molecule has 0 radical (unpaired) electrons. The zero-order valence-electron chi connectivity index (χ0n) is 28.9. The minimum Gasteiger partial charge on any atom is -0.228 e. The fourth-order valence-electron chi connectivity index (χ4n) is 9.11. The van der Waals surface area contributed by atoms with Crippen LogP contribution in [0.3, 0.4) is 0 Å². The van der Waals surface area contributed by atoms with E-state index in [1.54, 1.807) is 0 Å². The molecule has 53 heavy (non-hydrogen) atoms. The highest BCUT2D eigenvalue weighted by atomic mass is 14.9. The van der Waals surface area contributed by atoms with Crippen molar-refractivity contribution >= 4 is 10.8 Å². The van der Waals surface area contributed by atoms with Gasteiger partial charge in [-0.15, -0.1) is 0 Å². The average Bonchev–Trinajstić information content (AvgIpc) is 3.72. The van der Waals surface area contributed by atoms with Crippen LogP contribution in [0, 0.1) is 0 Å². The lowest BCUT2D eigenvalue weighted by Gasteiger charge is -2.30. The van der Waals surface area contributed by atoms with Crippen molar-refractivity contribution in [1.29, 1.82) is 0 Å². The molecule has 9 aromatic rings. The van der Waals surface area contributed by atoms with Crippen molar-refractivity contribution in [3.8, 4) is 67.3 Å². The van der Waals surface area contributed by atoms with Crippen LogP contribution < -0.4 is 0 Å². The van der Waals surface area contributed by atoms with E-state index in [9.17, 15) is 0 Å². The maximum atomic E-state index is 5.36. The summed E-state index contributed by atoms with van der Waals surface area (Å²) in [6, 6.07) is 70.1. The van der Waals surface area contributed by atoms with Gasteiger partial charge in [0.15, 0.2) is 5.82 Å². The number of rotatable bonds is 4. The molecule has 0 aliphatic heterocycles. The zero-order chi connectivity index (χ0) is 34.9. The van der Waals surface area contributed by atoms with Crippen LogP contribution in [0.2, 0.25) is 0 Å². The molecule has 1 unspecified atom stereocenters. The number of aromatic nitrogens is 2. The second kappa shape index (κ2) is 11.6. The minimum absolute atomic E-state index is 0.458. The normalized spacial score (nSPS) is 14.9. The van der Waals surface area contributed by atoms with Gasteiger partial charge >= 0.3 is 0 Å². The van der Waals surface area contributed by atoms with Crippen molar-refractivity contribution in [3.63, 3.8) is 0 Å². The molecular formula is C51H32N2. The third kappa shape index (κ3) is 4.33. The second-order valence-electron chi connectivity index (χ2n) is 14.1. The summed E-state index contributed by atoms with van der Waals surface area (Å²) < 4.78 is 0. The van der Waals surface area contributed by atoms with Crippen molar-refractivity contribution < 1.29 is 0 Å². The second-order valence-corrected chi connectivity index (χ2v) is 14.1. The van der Waals surface area contributed by atoms with Crippen LogP contribution in [0.4, 0.5) is 0 Å². The number of benzene rings is 8. The van der Waals surface area contributed by atoms with E-state index in [0.717, 1.165) is 33.6 Å². The molecule has 246 valence electrons. The summed E-state index contributed by atoms with van der Waals surface area (Å²) in [4.78, 5) is 10.6. The van der Waals surface area contributed by atoms with Crippen LogP contribution in [0.15, 0.2) is 194 Å². The highest BCUT2D eigenvalue weighted by Crippen LogP contribution is 2.64. The van der Waals surface area contributed by atoms with Crippen LogP contribution in [-0.4, -0.2) is 9.97 Å². The Balaban J connectivity index is 1.19. The molecule has 2 aliphatic rings.